The van der Waals surface area contributed by atoms with Gasteiger partial charge in [0.15, 0.2) is 5.58 Å². The molecule has 0 N–H and O–H groups in total. The van der Waals surface area contributed by atoms with Crippen molar-refractivity contribution in [2.75, 3.05) is 31.9 Å². The van der Waals surface area contributed by atoms with Gasteiger partial charge >= 0.3 is 0 Å². The molecule has 0 bridgehead atoms. The lowest BCUT2D eigenvalue weighted by Crippen LogP contribution is -2.43. The van der Waals surface area contributed by atoms with Gasteiger partial charge in [0.25, 0.3) is 5.22 Å². The fraction of sp³-hybridized carbons (Fsp3) is 0.619. The molecule has 2 atom stereocenters. The van der Waals surface area contributed by atoms with E-state index >= 15 is 0 Å². The van der Waals surface area contributed by atoms with Crippen molar-refractivity contribution in [3.8, 4) is 0 Å². The second-order valence-electron chi connectivity index (χ2n) is 8.61. The molecule has 0 saturated carbocycles. The van der Waals surface area contributed by atoms with Crippen LogP contribution >= 0.6 is 11.8 Å². The fourth-order valence-corrected chi connectivity index (χ4v) is 6.72. The van der Waals surface area contributed by atoms with E-state index in [9.17, 15) is 13.2 Å². The number of piperidine rings is 2. The second-order valence-corrected chi connectivity index (χ2v) is 11.5. The van der Waals surface area contributed by atoms with Gasteiger partial charge in [-0.05, 0) is 49.3 Å². The molecule has 1 aromatic carbocycles. The van der Waals surface area contributed by atoms with Crippen molar-refractivity contribution in [3.05, 3.63) is 18.2 Å². The minimum Gasteiger partial charge on any atom is -0.431 e. The van der Waals surface area contributed by atoms with Crippen LogP contribution in [0.1, 0.15) is 39.5 Å². The van der Waals surface area contributed by atoms with Crippen LogP contribution in [0.15, 0.2) is 32.7 Å². The molecule has 9 heteroatoms. The Balaban J connectivity index is 1.44. The van der Waals surface area contributed by atoms with Gasteiger partial charge in [-0.1, -0.05) is 32.0 Å². The van der Waals surface area contributed by atoms with E-state index in [4.69, 9.17) is 4.42 Å². The number of benzene rings is 1. The van der Waals surface area contributed by atoms with Gasteiger partial charge in [0.1, 0.15) is 5.52 Å². The number of hydrogen-bond acceptors (Lipinski definition) is 6. The Kier molecular flexibility index (Phi) is 6.41. The highest BCUT2D eigenvalue weighted by molar-refractivity contribution is 7.99. The Hall–Kier alpha value is -1.58. The number of fused-ring (bicyclic) bond motifs is 1. The highest BCUT2D eigenvalue weighted by Gasteiger charge is 2.27. The molecule has 2 aliphatic rings. The van der Waals surface area contributed by atoms with Crippen molar-refractivity contribution in [2.45, 2.75) is 49.6 Å². The third-order valence-corrected chi connectivity index (χ3v) is 8.54. The quantitative estimate of drug-likeness (QED) is 0.646. The average molecular weight is 452 g/mol. The summed E-state index contributed by atoms with van der Waals surface area (Å²) >= 11 is 1.26. The van der Waals surface area contributed by atoms with E-state index in [-0.39, 0.29) is 16.6 Å². The fourth-order valence-electron chi connectivity index (χ4n) is 4.44. The topological polar surface area (TPSA) is 83.7 Å². The molecule has 1 aromatic heterocycles. The first-order valence-corrected chi connectivity index (χ1v) is 13.1. The summed E-state index contributed by atoms with van der Waals surface area (Å²) in [4.78, 5) is 19.2. The lowest BCUT2D eigenvalue weighted by atomic mass is 9.92. The lowest BCUT2D eigenvalue weighted by molar-refractivity contribution is -0.130. The van der Waals surface area contributed by atoms with Gasteiger partial charge in [-0.2, -0.15) is 4.31 Å². The second kappa shape index (κ2) is 8.88. The van der Waals surface area contributed by atoms with Crippen LogP contribution in [-0.4, -0.2) is 60.4 Å². The lowest BCUT2D eigenvalue weighted by Gasteiger charge is -2.34. The highest BCUT2D eigenvalue weighted by atomic mass is 32.2. The zero-order valence-corrected chi connectivity index (χ0v) is 19.2. The number of carbonyl (C=O) groups is 1. The summed E-state index contributed by atoms with van der Waals surface area (Å²) in [7, 11) is -3.51. The summed E-state index contributed by atoms with van der Waals surface area (Å²) in [6.45, 7) is 7.09. The average Bonchev–Trinajstić information content (AvgIpc) is 3.14. The van der Waals surface area contributed by atoms with E-state index in [1.807, 2.05) is 4.90 Å². The summed E-state index contributed by atoms with van der Waals surface area (Å²) in [5.74, 6) is 1.40. The Morgan fingerprint density at radius 2 is 1.87 bits per heavy atom. The molecule has 7 nitrogen and oxygen atoms in total. The Bertz CT molecular complexity index is 1000. The van der Waals surface area contributed by atoms with Crippen molar-refractivity contribution in [2.24, 2.45) is 11.8 Å². The van der Waals surface area contributed by atoms with Gasteiger partial charge in [-0.15, -0.1) is 0 Å². The Morgan fingerprint density at radius 1 is 1.17 bits per heavy atom. The Labute approximate surface area is 182 Å². The zero-order chi connectivity index (χ0) is 21.3. The molecule has 2 aliphatic heterocycles. The highest BCUT2D eigenvalue weighted by Crippen LogP contribution is 2.28. The van der Waals surface area contributed by atoms with Crippen molar-refractivity contribution in [1.29, 1.82) is 0 Å². The molecular weight excluding hydrogens is 422 g/mol. The molecular formula is C21H29N3O4S2. The first-order chi connectivity index (χ1) is 14.3. The number of rotatable bonds is 5. The summed E-state index contributed by atoms with van der Waals surface area (Å²) in [5.41, 5.74) is 1.03. The van der Waals surface area contributed by atoms with Crippen molar-refractivity contribution in [1.82, 2.24) is 14.2 Å². The maximum absolute atomic E-state index is 12.9. The number of aromatic nitrogens is 1. The van der Waals surface area contributed by atoms with Crippen LogP contribution in [0.4, 0.5) is 0 Å². The van der Waals surface area contributed by atoms with Gasteiger partial charge < -0.3 is 9.32 Å². The van der Waals surface area contributed by atoms with Crippen LogP contribution in [0.5, 0.6) is 0 Å². The molecule has 2 aromatic rings. The maximum Gasteiger partial charge on any atom is 0.257 e. The summed E-state index contributed by atoms with van der Waals surface area (Å²) in [6, 6.07) is 4.80. The molecule has 2 saturated heterocycles. The van der Waals surface area contributed by atoms with E-state index in [0.29, 0.717) is 41.2 Å². The maximum atomic E-state index is 12.9. The molecule has 0 radical (unpaired) electrons. The summed E-state index contributed by atoms with van der Waals surface area (Å²) < 4.78 is 33.1. The van der Waals surface area contributed by atoms with Gasteiger partial charge in [0, 0.05) is 26.2 Å². The first-order valence-electron chi connectivity index (χ1n) is 10.6. The number of nitrogens with zero attached hydrogens (tertiary/aromatic N) is 3. The standard InChI is InChI=1S/C21H29N3O4S2/c1-15-10-16(2)13-23(12-15)20(25)14-29-21-22-18-11-17(6-7-19(18)28-21)30(26,27)24-8-4-3-5-9-24/h6-7,11,15-16H,3-5,8-10,12-14H2,1-2H3/t15-,16-/m1/s1. The van der Waals surface area contributed by atoms with E-state index in [1.165, 1.54) is 11.8 Å². The van der Waals surface area contributed by atoms with Crippen LogP contribution in [0.2, 0.25) is 0 Å². The molecule has 1 amide bonds. The number of hydrogen-bond donors (Lipinski definition) is 0. The number of thioether (sulfide) groups is 1. The predicted molar refractivity (Wildman–Crippen MR) is 117 cm³/mol. The number of amides is 1. The van der Waals surface area contributed by atoms with Crippen molar-refractivity contribution in [3.63, 3.8) is 0 Å². The van der Waals surface area contributed by atoms with Gasteiger partial charge in [0.05, 0.1) is 10.6 Å². The molecule has 2 fully saturated rings. The van der Waals surface area contributed by atoms with Crippen molar-refractivity contribution < 1.29 is 17.6 Å². The molecule has 3 heterocycles. The smallest absolute Gasteiger partial charge is 0.257 e. The van der Waals surface area contributed by atoms with Gasteiger partial charge in [-0.25, -0.2) is 13.4 Å². The molecule has 4 rings (SSSR count). The van der Waals surface area contributed by atoms with Crippen molar-refractivity contribution >= 4 is 38.8 Å². The Morgan fingerprint density at radius 3 is 2.57 bits per heavy atom. The first kappa shape index (κ1) is 21.6. The van der Waals surface area contributed by atoms with Crippen LogP contribution in [0.3, 0.4) is 0 Å². The van der Waals surface area contributed by atoms with Crippen LogP contribution in [-0.2, 0) is 14.8 Å². The molecule has 0 aliphatic carbocycles. The molecule has 0 spiro atoms. The van der Waals surface area contributed by atoms with E-state index in [1.54, 1.807) is 22.5 Å². The van der Waals surface area contributed by atoms with Gasteiger partial charge in [-0.3, -0.25) is 4.79 Å². The van der Waals surface area contributed by atoms with Gasteiger partial charge in [0.2, 0.25) is 15.9 Å². The summed E-state index contributed by atoms with van der Waals surface area (Å²) in [6.07, 6.45) is 4.03. The third kappa shape index (κ3) is 4.68. The molecule has 30 heavy (non-hydrogen) atoms. The van der Waals surface area contributed by atoms with E-state index in [2.05, 4.69) is 18.8 Å². The normalized spacial score (nSPS) is 23.7. The van der Waals surface area contributed by atoms with E-state index < -0.39 is 10.0 Å². The number of oxazole rings is 1. The third-order valence-electron chi connectivity index (χ3n) is 5.83. The minimum atomic E-state index is -3.51. The SMILES string of the molecule is C[C@@H]1C[C@@H](C)CN(C(=O)CSc2nc3cc(S(=O)(=O)N4CCCCC4)ccc3o2)C1. The van der Waals surface area contributed by atoms with Crippen LogP contribution < -0.4 is 0 Å². The molecule has 0 unspecified atom stereocenters. The van der Waals surface area contributed by atoms with Crippen LogP contribution in [0.25, 0.3) is 11.1 Å². The number of carbonyl (C=O) groups excluding carboxylic acids is 1. The minimum absolute atomic E-state index is 0.0917. The monoisotopic (exact) mass is 451 g/mol. The molecule has 164 valence electrons. The number of likely N-dealkylation sites (tertiary alicyclic amines) is 1. The number of sulfonamides is 1. The van der Waals surface area contributed by atoms with Crippen LogP contribution in [0, 0.1) is 11.8 Å². The summed E-state index contributed by atoms with van der Waals surface area (Å²) in [5, 5.41) is 0.393. The largest absolute Gasteiger partial charge is 0.431 e. The zero-order valence-electron chi connectivity index (χ0n) is 17.5. The van der Waals surface area contributed by atoms with E-state index in [0.717, 1.165) is 38.8 Å². The predicted octanol–water partition coefficient (Wildman–Crippen LogP) is 3.60.